The fourth-order valence-corrected chi connectivity index (χ4v) is 4.74. The number of unbranched alkanes of at least 4 members (excludes halogenated alkanes) is 10. The molecule has 0 aliphatic carbocycles. The molecule has 5 nitrogen and oxygen atoms in total. The van der Waals surface area contributed by atoms with E-state index in [2.05, 4.69) is 31.2 Å². The summed E-state index contributed by atoms with van der Waals surface area (Å²) in [6.07, 6.45) is 24.0. The molecule has 30 heavy (non-hydrogen) atoms. The molecular formula is C24H49NO4P+. The van der Waals surface area contributed by atoms with Crippen LogP contribution in [0.5, 0.6) is 0 Å². The van der Waals surface area contributed by atoms with E-state index in [1.807, 2.05) is 21.1 Å². The summed E-state index contributed by atoms with van der Waals surface area (Å²) in [5.74, 6) is 0. The molecule has 0 rings (SSSR count). The topological polar surface area (TPSA) is 77.8 Å². The molecule has 0 aromatic heterocycles. The first-order chi connectivity index (χ1) is 14.0. The van der Waals surface area contributed by atoms with Gasteiger partial charge in [0.1, 0.15) is 6.54 Å². The summed E-state index contributed by atoms with van der Waals surface area (Å²) in [4.78, 5) is 19.2. The number of allylic oxidation sites excluding steroid dienone is 4. The van der Waals surface area contributed by atoms with Crippen molar-refractivity contribution in [1.29, 1.82) is 0 Å². The smallest absolute Gasteiger partial charge is 0.362 e. The molecule has 0 spiro atoms. The molecule has 3 N–H and O–H groups in total. The van der Waals surface area contributed by atoms with E-state index < -0.39 is 12.9 Å². The minimum absolute atomic E-state index is 0.0572. The second-order valence-electron chi connectivity index (χ2n) is 9.62. The van der Waals surface area contributed by atoms with Crippen LogP contribution in [-0.2, 0) is 4.57 Å². The lowest BCUT2D eigenvalue weighted by molar-refractivity contribution is -0.875. The Morgan fingerprint density at radius 1 is 0.733 bits per heavy atom. The van der Waals surface area contributed by atoms with Crippen molar-refractivity contribution in [2.75, 3.05) is 27.7 Å². The molecule has 0 aromatic rings. The van der Waals surface area contributed by atoms with Crippen molar-refractivity contribution < 1.29 is 23.9 Å². The maximum Gasteiger partial charge on any atom is 0.362 e. The maximum absolute atomic E-state index is 11.8. The molecule has 0 saturated carbocycles. The van der Waals surface area contributed by atoms with E-state index in [9.17, 15) is 19.5 Å². The number of rotatable bonds is 19. The van der Waals surface area contributed by atoms with Crippen LogP contribution in [0.25, 0.3) is 0 Å². The molecule has 1 atom stereocenters. The first kappa shape index (κ1) is 29.5. The van der Waals surface area contributed by atoms with Crippen molar-refractivity contribution in [3.8, 4) is 0 Å². The number of likely N-dealkylation sites (N-methyl/N-ethyl adjacent to an activating group) is 1. The lowest BCUT2D eigenvalue weighted by Gasteiger charge is -2.35. The summed E-state index contributed by atoms with van der Waals surface area (Å²) >= 11 is 0. The second-order valence-corrected chi connectivity index (χ2v) is 11.5. The second kappa shape index (κ2) is 16.2. The fourth-order valence-electron chi connectivity index (χ4n) is 3.68. The van der Waals surface area contributed by atoms with Gasteiger partial charge in [0, 0.05) is 0 Å². The van der Waals surface area contributed by atoms with Gasteiger partial charge in [0.2, 0.25) is 5.34 Å². The van der Waals surface area contributed by atoms with Gasteiger partial charge in [-0.1, -0.05) is 69.8 Å². The predicted octanol–water partition coefficient (Wildman–Crippen LogP) is 6.15. The molecule has 6 heteroatoms. The predicted molar refractivity (Wildman–Crippen MR) is 128 cm³/mol. The molecule has 178 valence electrons. The molecule has 0 fully saturated rings. The number of aliphatic hydroxyl groups is 1. The molecule has 0 aromatic carbocycles. The summed E-state index contributed by atoms with van der Waals surface area (Å²) in [7, 11) is 0.964. The van der Waals surface area contributed by atoms with Gasteiger partial charge in [-0.25, -0.2) is 0 Å². The molecule has 0 bridgehead atoms. The molecule has 0 radical (unpaired) electrons. The highest BCUT2D eigenvalue weighted by molar-refractivity contribution is 7.53. The van der Waals surface area contributed by atoms with Crippen LogP contribution in [0.15, 0.2) is 24.3 Å². The van der Waals surface area contributed by atoms with Gasteiger partial charge < -0.3 is 19.4 Å². The fraction of sp³-hybridized carbons (Fsp3) is 0.833. The average molecular weight is 447 g/mol. The first-order valence-corrected chi connectivity index (χ1v) is 13.5. The van der Waals surface area contributed by atoms with Gasteiger partial charge >= 0.3 is 7.60 Å². The van der Waals surface area contributed by atoms with Gasteiger partial charge in [-0.3, -0.25) is 4.57 Å². The van der Waals surface area contributed by atoms with Crippen LogP contribution >= 0.6 is 7.60 Å². The van der Waals surface area contributed by atoms with E-state index in [0.29, 0.717) is 10.9 Å². The quantitative estimate of drug-likeness (QED) is 0.0962. The van der Waals surface area contributed by atoms with Crippen LogP contribution in [0.3, 0.4) is 0 Å². The van der Waals surface area contributed by atoms with E-state index in [0.717, 1.165) is 25.7 Å². The number of hydrogen-bond donors (Lipinski definition) is 3. The van der Waals surface area contributed by atoms with Crippen molar-refractivity contribution in [3.05, 3.63) is 24.3 Å². The average Bonchev–Trinajstić information content (AvgIpc) is 2.62. The van der Waals surface area contributed by atoms with Crippen LogP contribution in [0.2, 0.25) is 0 Å². The van der Waals surface area contributed by atoms with Crippen LogP contribution in [0.1, 0.15) is 96.8 Å². The molecule has 0 heterocycles. The third-order valence-corrected chi connectivity index (χ3v) is 6.73. The van der Waals surface area contributed by atoms with Gasteiger partial charge in [-0.05, 0) is 51.4 Å². The zero-order valence-corrected chi connectivity index (χ0v) is 21.0. The zero-order chi connectivity index (χ0) is 22.9. The lowest BCUT2D eigenvalue weighted by atomic mass is 10.0. The number of quaternary nitrogens is 1. The minimum atomic E-state index is -4.54. The van der Waals surface area contributed by atoms with E-state index in [4.69, 9.17) is 0 Å². The Bertz CT molecular complexity index is 522. The van der Waals surface area contributed by atoms with Gasteiger partial charge in [-0.15, -0.1) is 0 Å². The van der Waals surface area contributed by atoms with Crippen molar-refractivity contribution >= 4 is 7.60 Å². The van der Waals surface area contributed by atoms with E-state index in [-0.39, 0.29) is 13.0 Å². The third-order valence-electron chi connectivity index (χ3n) is 5.28. The van der Waals surface area contributed by atoms with Crippen LogP contribution in [0.4, 0.5) is 0 Å². The molecule has 0 amide bonds. The summed E-state index contributed by atoms with van der Waals surface area (Å²) in [6, 6.07) is 0. The Hall–Kier alpha value is -0.450. The molecule has 0 aliphatic heterocycles. The molecule has 0 aliphatic rings. The van der Waals surface area contributed by atoms with Gasteiger partial charge in [-0.2, -0.15) is 0 Å². The van der Waals surface area contributed by atoms with Gasteiger partial charge in [0.15, 0.2) is 0 Å². The maximum atomic E-state index is 11.8. The Balaban J connectivity index is 3.69. The number of hydrogen-bond acceptors (Lipinski definition) is 2. The van der Waals surface area contributed by atoms with Crippen molar-refractivity contribution in [1.82, 2.24) is 0 Å². The summed E-state index contributed by atoms with van der Waals surface area (Å²) < 4.78 is 12.1. The van der Waals surface area contributed by atoms with Crippen LogP contribution < -0.4 is 0 Å². The summed E-state index contributed by atoms with van der Waals surface area (Å²) in [5.41, 5.74) is 0. The summed E-state index contributed by atoms with van der Waals surface area (Å²) in [6.45, 7) is 2.22. The third kappa shape index (κ3) is 16.3. The van der Waals surface area contributed by atoms with Crippen molar-refractivity contribution in [3.63, 3.8) is 0 Å². The van der Waals surface area contributed by atoms with Crippen LogP contribution in [-0.4, -0.2) is 52.4 Å². The summed E-state index contributed by atoms with van der Waals surface area (Å²) in [5, 5.41) is 8.61. The van der Waals surface area contributed by atoms with E-state index >= 15 is 0 Å². The van der Waals surface area contributed by atoms with E-state index in [1.165, 1.54) is 51.4 Å². The SMILES string of the molecule is CC/C=C\CCC/C=C\CCCCCCCCCCC(O)(C[N+](C)(C)C)P(=O)(O)O. The minimum Gasteiger partial charge on any atom is -0.373 e. The van der Waals surface area contributed by atoms with Gasteiger partial charge in [0.05, 0.1) is 21.1 Å². The van der Waals surface area contributed by atoms with Crippen molar-refractivity contribution in [2.45, 2.75) is 102 Å². The molecule has 0 saturated heterocycles. The Morgan fingerprint density at radius 3 is 1.63 bits per heavy atom. The monoisotopic (exact) mass is 446 g/mol. The highest BCUT2D eigenvalue weighted by atomic mass is 31.2. The highest BCUT2D eigenvalue weighted by Gasteiger charge is 2.48. The van der Waals surface area contributed by atoms with Crippen molar-refractivity contribution in [2.24, 2.45) is 0 Å². The molecular weight excluding hydrogens is 397 g/mol. The standard InChI is InChI=1S/C24H48NO4P/c1-5-6-7-8-9-10-11-12-13-14-15-16-17-18-19-20-21-22-24(26,30(27,28)29)23-25(2,3)4/h6-7,11-12,26H,5,8-10,13-23H2,1-4H3,(H-,27,28,29)/p+1/b7-6-,12-11-. The highest BCUT2D eigenvalue weighted by Crippen LogP contribution is 2.52. The first-order valence-electron chi connectivity index (χ1n) is 11.9. The lowest BCUT2D eigenvalue weighted by Crippen LogP contribution is -2.49. The zero-order valence-electron chi connectivity index (χ0n) is 20.1. The van der Waals surface area contributed by atoms with E-state index in [1.54, 1.807) is 0 Å². The Morgan fingerprint density at radius 2 is 1.17 bits per heavy atom. The normalized spacial score (nSPS) is 15.3. The Labute approximate surface area is 186 Å². The molecule has 1 unspecified atom stereocenters. The number of nitrogens with zero attached hydrogens (tertiary/aromatic N) is 1. The Kier molecular flexibility index (Phi) is 16.0. The van der Waals surface area contributed by atoms with Crippen LogP contribution in [0, 0.1) is 0 Å². The largest absolute Gasteiger partial charge is 0.373 e. The van der Waals surface area contributed by atoms with Gasteiger partial charge in [0.25, 0.3) is 0 Å².